The molecule has 2 aliphatic rings. The fourth-order valence-electron chi connectivity index (χ4n) is 4.50. The number of nitrogens with one attached hydrogen (secondary N) is 1. The molecular weight excluding hydrogens is 398 g/mol. The molecule has 2 aromatic rings. The van der Waals surface area contributed by atoms with Gasteiger partial charge in [-0.05, 0) is 74.2 Å². The van der Waals surface area contributed by atoms with Gasteiger partial charge in [0.25, 0.3) is 5.91 Å². The van der Waals surface area contributed by atoms with E-state index in [2.05, 4.69) is 9.62 Å². The van der Waals surface area contributed by atoms with Gasteiger partial charge in [-0.2, -0.15) is 0 Å². The number of sulfonamides is 1. The number of nitrogens with zero attached hydrogens (tertiary/aromatic N) is 2. The van der Waals surface area contributed by atoms with Crippen molar-refractivity contribution in [2.24, 2.45) is 0 Å². The van der Waals surface area contributed by atoms with Crippen LogP contribution < -0.4 is 4.72 Å². The summed E-state index contributed by atoms with van der Waals surface area (Å²) in [6, 6.07) is 15.2. The molecule has 1 N–H and O–H groups in total. The minimum Gasteiger partial charge on any atom is -0.334 e. The Morgan fingerprint density at radius 1 is 1.00 bits per heavy atom. The van der Waals surface area contributed by atoms with Crippen LogP contribution in [0.1, 0.15) is 36.0 Å². The predicted octanol–water partition coefficient (Wildman–Crippen LogP) is 3.43. The zero-order chi connectivity index (χ0) is 21.1. The number of hydrogen-bond acceptors (Lipinski definition) is 4. The molecule has 2 aliphatic heterocycles. The monoisotopic (exact) mass is 427 g/mol. The van der Waals surface area contributed by atoms with E-state index in [1.807, 2.05) is 41.3 Å². The van der Waals surface area contributed by atoms with Crippen molar-refractivity contribution in [3.8, 4) is 11.1 Å². The zero-order valence-electron chi connectivity index (χ0n) is 17.4. The molecule has 0 bridgehead atoms. The maximum Gasteiger partial charge on any atom is 0.254 e. The normalized spacial score (nSPS) is 19.9. The van der Waals surface area contributed by atoms with Gasteiger partial charge in [0.2, 0.25) is 10.0 Å². The number of anilines is 1. The second kappa shape index (κ2) is 8.78. The molecule has 0 aliphatic carbocycles. The third-order valence-corrected chi connectivity index (χ3v) is 6.54. The standard InChI is InChI=1S/C23H29N3O3S/c1-30(28,29)24-21-7-4-6-20(16-21)18-9-11-19(12-10-18)23(27)26-15-5-8-22(26)17-25-13-2-3-14-25/h4,6-7,9-12,16,22,24H,2-3,5,8,13-15,17H2,1H3/t22-/m0/s1. The summed E-state index contributed by atoms with van der Waals surface area (Å²) in [5, 5.41) is 0. The quantitative estimate of drug-likeness (QED) is 0.767. The fourth-order valence-corrected chi connectivity index (χ4v) is 5.06. The van der Waals surface area contributed by atoms with E-state index < -0.39 is 10.0 Å². The van der Waals surface area contributed by atoms with Crippen molar-refractivity contribution in [2.75, 3.05) is 37.2 Å². The highest BCUT2D eigenvalue weighted by molar-refractivity contribution is 7.92. The van der Waals surface area contributed by atoms with Crippen molar-refractivity contribution in [1.82, 2.24) is 9.80 Å². The van der Waals surface area contributed by atoms with E-state index in [-0.39, 0.29) is 5.91 Å². The predicted molar refractivity (Wildman–Crippen MR) is 120 cm³/mol. The molecule has 4 rings (SSSR count). The van der Waals surface area contributed by atoms with Crippen LogP contribution in [0, 0.1) is 0 Å². The second-order valence-corrected chi connectivity index (χ2v) is 10.1. The van der Waals surface area contributed by atoms with Gasteiger partial charge in [-0.25, -0.2) is 8.42 Å². The van der Waals surface area contributed by atoms with Crippen LogP contribution in [0.25, 0.3) is 11.1 Å². The summed E-state index contributed by atoms with van der Waals surface area (Å²) in [6.45, 7) is 4.13. The van der Waals surface area contributed by atoms with Crippen LogP contribution in [0.2, 0.25) is 0 Å². The SMILES string of the molecule is CS(=O)(=O)Nc1cccc(-c2ccc(C(=O)N3CCC[C@H]3CN3CCCC3)cc2)c1. The van der Waals surface area contributed by atoms with Crippen LogP contribution in [-0.4, -0.2) is 62.6 Å². The first-order valence-electron chi connectivity index (χ1n) is 10.6. The van der Waals surface area contributed by atoms with Gasteiger partial charge in [-0.1, -0.05) is 24.3 Å². The van der Waals surface area contributed by atoms with Crippen molar-refractivity contribution < 1.29 is 13.2 Å². The lowest BCUT2D eigenvalue weighted by Crippen LogP contribution is -2.42. The van der Waals surface area contributed by atoms with Gasteiger partial charge in [-0.15, -0.1) is 0 Å². The molecule has 7 heteroatoms. The van der Waals surface area contributed by atoms with Crippen molar-refractivity contribution in [3.63, 3.8) is 0 Å². The molecule has 1 amide bonds. The van der Waals surface area contributed by atoms with Crippen molar-refractivity contribution >= 4 is 21.6 Å². The third-order valence-electron chi connectivity index (χ3n) is 5.94. The lowest BCUT2D eigenvalue weighted by atomic mass is 10.0. The van der Waals surface area contributed by atoms with Crippen molar-refractivity contribution in [2.45, 2.75) is 31.7 Å². The Balaban J connectivity index is 1.46. The van der Waals surface area contributed by atoms with Gasteiger partial charge in [0.15, 0.2) is 0 Å². The summed E-state index contributed by atoms with van der Waals surface area (Å²) in [7, 11) is -3.32. The van der Waals surface area contributed by atoms with E-state index in [9.17, 15) is 13.2 Å². The molecule has 0 aromatic heterocycles. The number of hydrogen-bond donors (Lipinski definition) is 1. The average Bonchev–Trinajstić information content (AvgIpc) is 3.39. The van der Waals surface area contributed by atoms with Crippen LogP contribution in [0.4, 0.5) is 5.69 Å². The highest BCUT2D eigenvalue weighted by Gasteiger charge is 2.31. The summed E-state index contributed by atoms with van der Waals surface area (Å²) in [5.41, 5.74) is 3.07. The minimum atomic E-state index is -3.32. The minimum absolute atomic E-state index is 0.107. The first-order chi connectivity index (χ1) is 14.4. The molecule has 2 saturated heterocycles. The molecule has 0 saturated carbocycles. The molecule has 6 nitrogen and oxygen atoms in total. The number of carbonyl (C=O) groups excluding carboxylic acids is 1. The molecule has 2 aromatic carbocycles. The summed E-state index contributed by atoms with van der Waals surface area (Å²) in [4.78, 5) is 17.6. The number of likely N-dealkylation sites (tertiary alicyclic amines) is 2. The maximum absolute atomic E-state index is 13.1. The Morgan fingerprint density at radius 3 is 2.43 bits per heavy atom. The summed E-state index contributed by atoms with van der Waals surface area (Å²) >= 11 is 0. The van der Waals surface area contributed by atoms with Crippen LogP contribution in [-0.2, 0) is 10.0 Å². The number of rotatable bonds is 6. The molecular formula is C23H29N3O3S. The first-order valence-corrected chi connectivity index (χ1v) is 12.5. The van der Waals surface area contributed by atoms with Gasteiger partial charge in [0, 0.05) is 30.4 Å². The number of amides is 1. The Morgan fingerprint density at radius 2 is 1.73 bits per heavy atom. The largest absolute Gasteiger partial charge is 0.334 e. The molecule has 0 radical (unpaired) electrons. The second-order valence-electron chi connectivity index (χ2n) is 8.33. The van der Waals surface area contributed by atoms with Crippen LogP contribution in [0.3, 0.4) is 0 Å². The zero-order valence-corrected chi connectivity index (χ0v) is 18.2. The van der Waals surface area contributed by atoms with E-state index >= 15 is 0 Å². The number of carbonyl (C=O) groups is 1. The average molecular weight is 428 g/mol. The van der Waals surface area contributed by atoms with Gasteiger partial charge in [-0.3, -0.25) is 9.52 Å². The molecule has 0 unspecified atom stereocenters. The van der Waals surface area contributed by atoms with Gasteiger partial charge >= 0.3 is 0 Å². The summed E-state index contributed by atoms with van der Waals surface area (Å²) in [5.74, 6) is 0.107. The van der Waals surface area contributed by atoms with E-state index in [4.69, 9.17) is 0 Å². The Labute approximate surface area is 178 Å². The van der Waals surface area contributed by atoms with E-state index in [0.717, 1.165) is 56.4 Å². The number of benzene rings is 2. The smallest absolute Gasteiger partial charge is 0.254 e. The lowest BCUT2D eigenvalue weighted by molar-refractivity contribution is 0.0709. The Kier molecular flexibility index (Phi) is 6.11. The summed E-state index contributed by atoms with van der Waals surface area (Å²) < 4.78 is 25.4. The topological polar surface area (TPSA) is 69.7 Å². The highest BCUT2D eigenvalue weighted by atomic mass is 32.2. The Bertz CT molecular complexity index is 999. The van der Waals surface area contributed by atoms with Gasteiger partial charge < -0.3 is 9.80 Å². The van der Waals surface area contributed by atoms with E-state index in [0.29, 0.717) is 17.3 Å². The van der Waals surface area contributed by atoms with Gasteiger partial charge in [0.1, 0.15) is 0 Å². The fraction of sp³-hybridized carbons (Fsp3) is 0.435. The van der Waals surface area contributed by atoms with Crippen LogP contribution in [0.5, 0.6) is 0 Å². The first kappa shape index (κ1) is 20.9. The van der Waals surface area contributed by atoms with Crippen LogP contribution in [0.15, 0.2) is 48.5 Å². The summed E-state index contributed by atoms with van der Waals surface area (Å²) in [6.07, 6.45) is 5.82. The third kappa shape index (κ3) is 5.02. The molecule has 30 heavy (non-hydrogen) atoms. The molecule has 2 fully saturated rings. The molecule has 1 atom stereocenters. The Hall–Kier alpha value is -2.38. The highest BCUT2D eigenvalue weighted by Crippen LogP contribution is 2.26. The van der Waals surface area contributed by atoms with Gasteiger partial charge in [0.05, 0.1) is 6.26 Å². The molecule has 0 spiro atoms. The lowest BCUT2D eigenvalue weighted by Gasteiger charge is -2.28. The van der Waals surface area contributed by atoms with Crippen molar-refractivity contribution in [3.05, 3.63) is 54.1 Å². The molecule has 2 heterocycles. The van der Waals surface area contributed by atoms with E-state index in [1.165, 1.54) is 12.8 Å². The molecule has 160 valence electrons. The maximum atomic E-state index is 13.1. The van der Waals surface area contributed by atoms with Crippen molar-refractivity contribution in [1.29, 1.82) is 0 Å². The van der Waals surface area contributed by atoms with Crippen LogP contribution >= 0.6 is 0 Å². The van der Waals surface area contributed by atoms with E-state index in [1.54, 1.807) is 12.1 Å².